The van der Waals surface area contributed by atoms with Gasteiger partial charge in [0, 0.05) is 44.5 Å². The van der Waals surface area contributed by atoms with Crippen LogP contribution in [0.1, 0.15) is 19.5 Å². The minimum absolute atomic E-state index is 0.152. The number of anilines is 1. The van der Waals surface area contributed by atoms with Crippen molar-refractivity contribution in [3.05, 3.63) is 48.5 Å². The Morgan fingerprint density at radius 2 is 1.67 bits per heavy atom. The van der Waals surface area contributed by atoms with E-state index in [1.807, 2.05) is 39.1 Å². The predicted octanol–water partition coefficient (Wildman–Crippen LogP) is 2.28. The molecule has 1 aromatic carbocycles. The highest BCUT2D eigenvalue weighted by molar-refractivity contribution is 7.89. The van der Waals surface area contributed by atoms with Crippen LogP contribution < -0.4 is 14.4 Å². The van der Waals surface area contributed by atoms with E-state index in [-0.39, 0.29) is 4.90 Å². The lowest BCUT2D eigenvalue weighted by molar-refractivity contribution is 0.314. The van der Waals surface area contributed by atoms with Gasteiger partial charge < -0.3 is 14.4 Å². The Bertz CT molecular complexity index is 1210. The number of aryl methyl sites for hydroxylation is 1. The SMILES string of the molecule is CCOc1ccc(S(=O)(=O)N2CCN(c3cc(-n4ccc(C)n4)ncn3)CC2)c(OCC)c1. The summed E-state index contributed by atoms with van der Waals surface area (Å²) in [5.74, 6) is 2.29. The van der Waals surface area contributed by atoms with Crippen molar-refractivity contribution in [1.29, 1.82) is 0 Å². The van der Waals surface area contributed by atoms with Gasteiger partial charge >= 0.3 is 0 Å². The number of piperazine rings is 1. The van der Waals surface area contributed by atoms with E-state index in [1.165, 1.54) is 10.6 Å². The van der Waals surface area contributed by atoms with E-state index in [9.17, 15) is 8.42 Å². The van der Waals surface area contributed by atoms with Crippen molar-refractivity contribution in [1.82, 2.24) is 24.1 Å². The van der Waals surface area contributed by atoms with Crippen molar-refractivity contribution in [2.75, 3.05) is 44.3 Å². The maximum atomic E-state index is 13.4. The molecule has 2 aromatic heterocycles. The van der Waals surface area contributed by atoms with E-state index in [2.05, 4.69) is 20.0 Å². The maximum absolute atomic E-state index is 13.4. The molecular formula is C22H28N6O4S. The molecule has 3 aromatic rings. The molecule has 0 atom stereocenters. The molecule has 0 bridgehead atoms. The van der Waals surface area contributed by atoms with Crippen molar-refractivity contribution in [2.45, 2.75) is 25.7 Å². The summed E-state index contributed by atoms with van der Waals surface area (Å²) in [6.07, 6.45) is 3.35. The topological polar surface area (TPSA) is 103 Å². The van der Waals surface area contributed by atoms with Crippen LogP contribution in [0.3, 0.4) is 0 Å². The molecule has 1 fully saturated rings. The third-order valence-electron chi connectivity index (χ3n) is 5.30. The Labute approximate surface area is 193 Å². The summed E-state index contributed by atoms with van der Waals surface area (Å²) in [5.41, 5.74) is 0.898. The molecule has 0 amide bonds. The fourth-order valence-corrected chi connectivity index (χ4v) is 5.24. The van der Waals surface area contributed by atoms with Crippen LogP contribution in [0, 0.1) is 6.92 Å². The quantitative estimate of drug-likeness (QED) is 0.492. The van der Waals surface area contributed by atoms with E-state index in [0.29, 0.717) is 56.7 Å². The van der Waals surface area contributed by atoms with Gasteiger partial charge in [-0.05, 0) is 39.0 Å². The molecule has 0 saturated carbocycles. The number of hydrogen-bond acceptors (Lipinski definition) is 8. The highest BCUT2D eigenvalue weighted by atomic mass is 32.2. The first-order valence-electron chi connectivity index (χ1n) is 10.9. The zero-order chi connectivity index (χ0) is 23.4. The van der Waals surface area contributed by atoms with Gasteiger partial charge in [0.2, 0.25) is 10.0 Å². The Morgan fingerprint density at radius 1 is 0.939 bits per heavy atom. The molecular weight excluding hydrogens is 444 g/mol. The van der Waals surface area contributed by atoms with Crippen molar-refractivity contribution in [3.63, 3.8) is 0 Å². The van der Waals surface area contributed by atoms with E-state index in [1.54, 1.807) is 22.9 Å². The van der Waals surface area contributed by atoms with Crippen molar-refractivity contribution < 1.29 is 17.9 Å². The lowest BCUT2D eigenvalue weighted by Gasteiger charge is -2.34. The molecule has 33 heavy (non-hydrogen) atoms. The fourth-order valence-electron chi connectivity index (χ4n) is 3.70. The summed E-state index contributed by atoms with van der Waals surface area (Å²) in [6.45, 7) is 8.15. The number of sulfonamides is 1. The van der Waals surface area contributed by atoms with Gasteiger partial charge in [-0.2, -0.15) is 9.40 Å². The maximum Gasteiger partial charge on any atom is 0.246 e. The Kier molecular flexibility index (Phi) is 6.80. The average molecular weight is 473 g/mol. The molecule has 1 aliphatic heterocycles. The summed E-state index contributed by atoms with van der Waals surface area (Å²) < 4.78 is 41.1. The monoisotopic (exact) mass is 472 g/mol. The number of rotatable bonds is 8. The van der Waals surface area contributed by atoms with Crippen molar-refractivity contribution in [3.8, 4) is 17.3 Å². The largest absolute Gasteiger partial charge is 0.494 e. The highest BCUT2D eigenvalue weighted by Gasteiger charge is 2.31. The number of ether oxygens (including phenoxy) is 2. The molecule has 0 spiro atoms. The number of benzene rings is 1. The Balaban J connectivity index is 1.50. The normalized spacial score (nSPS) is 14.9. The van der Waals surface area contributed by atoms with Gasteiger partial charge in [0.25, 0.3) is 0 Å². The van der Waals surface area contributed by atoms with Crippen molar-refractivity contribution >= 4 is 15.8 Å². The number of nitrogens with zero attached hydrogens (tertiary/aromatic N) is 6. The predicted molar refractivity (Wildman–Crippen MR) is 124 cm³/mol. The average Bonchev–Trinajstić information content (AvgIpc) is 3.26. The molecule has 176 valence electrons. The molecule has 3 heterocycles. The standard InChI is InChI=1S/C22H28N6O4S/c1-4-31-18-6-7-20(19(14-18)32-5-2)33(29,30)27-12-10-26(11-13-27)21-15-22(24-16-23-21)28-9-8-17(3)25-28/h6-9,14-16H,4-5,10-13H2,1-3H3. The molecule has 0 unspecified atom stereocenters. The minimum atomic E-state index is -3.72. The van der Waals surface area contributed by atoms with E-state index < -0.39 is 10.0 Å². The van der Waals surface area contributed by atoms with Gasteiger partial charge in [0.15, 0.2) is 5.82 Å². The van der Waals surface area contributed by atoms with Gasteiger partial charge in [0.1, 0.15) is 28.5 Å². The van der Waals surface area contributed by atoms with Gasteiger partial charge in [-0.25, -0.2) is 23.1 Å². The molecule has 10 nitrogen and oxygen atoms in total. The zero-order valence-electron chi connectivity index (χ0n) is 19.0. The van der Waals surface area contributed by atoms with Crippen LogP contribution in [-0.4, -0.2) is 71.9 Å². The van der Waals surface area contributed by atoms with Gasteiger partial charge in [-0.3, -0.25) is 0 Å². The smallest absolute Gasteiger partial charge is 0.246 e. The first-order valence-corrected chi connectivity index (χ1v) is 12.4. The second kappa shape index (κ2) is 9.75. The molecule has 1 saturated heterocycles. The van der Waals surface area contributed by atoms with E-state index in [4.69, 9.17) is 9.47 Å². The van der Waals surface area contributed by atoms with Crippen LogP contribution in [0.15, 0.2) is 47.8 Å². The summed E-state index contributed by atoms with van der Waals surface area (Å²) in [6, 6.07) is 8.61. The van der Waals surface area contributed by atoms with Gasteiger partial charge in [0.05, 0.1) is 18.9 Å². The second-order valence-electron chi connectivity index (χ2n) is 7.50. The van der Waals surface area contributed by atoms with E-state index >= 15 is 0 Å². The summed E-state index contributed by atoms with van der Waals surface area (Å²) >= 11 is 0. The molecule has 1 aliphatic rings. The van der Waals surface area contributed by atoms with Crippen LogP contribution in [0.2, 0.25) is 0 Å². The minimum Gasteiger partial charge on any atom is -0.494 e. The molecule has 0 aliphatic carbocycles. The van der Waals surface area contributed by atoms with Gasteiger partial charge in [-0.1, -0.05) is 0 Å². The van der Waals surface area contributed by atoms with E-state index in [0.717, 1.165) is 11.5 Å². The molecule has 0 radical (unpaired) electrons. The fraction of sp³-hybridized carbons (Fsp3) is 0.409. The van der Waals surface area contributed by atoms with Crippen LogP contribution >= 0.6 is 0 Å². The van der Waals surface area contributed by atoms with Crippen LogP contribution in [0.25, 0.3) is 5.82 Å². The number of hydrogen-bond donors (Lipinski definition) is 0. The van der Waals surface area contributed by atoms with Gasteiger partial charge in [-0.15, -0.1) is 0 Å². The first kappa shape index (κ1) is 23.0. The van der Waals surface area contributed by atoms with Crippen LogP contribution in [0.4, 0.5) is 5.82 Å². The molecule has 0 N–H and O–H groups in total. The van der Waals surface area contributed by atoms with Crippen LogP contribution in [0.5, 0.6) is 11.5 Å². The Hall–Kier alpha value is -3.18. The first-order chi connectivity index (χ1) is 15.9. The van der Waals surface area contributed by atoms with Crippen LogP contribution in [-0.2, 0) is 10.0 Å². The molecule has 4 rings (SSSR count). The summed E-state index contributed by atoms with van der Waals surface area (Å²) in [7, 11) is -3.72. The third-order valence-corrected chi connectivity index (χ3v) is 7.24. The molecule has 11 heteroatoms. The van der Waals surface area contributed by atoms with Crippen molar-refractivity contribution in [2.24, 2.45) is 0 Å². The summed E-state index contributed by atoms with van der Waals surface area (Å²) in [4.78, 5) is 10.9. The lowest BCUT2D eigenvalue weighted by atomic mass is 10.3. The number of aromatic nitrogens is 4. The lowest BCUT2D eigenvalue weighted by Crippen LogP contribution is -2.49. The zero-order valence-corrected chi connectivity index (χ0v) is 19.8. The summed E-state index contributed by atoms with van der Waals surface area (Å²) in [5, 5.41) is 4.39. The Morgan fingerprint density at radius 3 is 2.33 bits per heavy atom. The second-order valence-corrected chi connectivity index (χ2v) is 9.41. The highest BCUT2D eigenvalue weighted by Crippen LogP contribution is 2.32. The third kappa shape index (κ3) is 4.93.